The second-order valence-corrected chi connectivity index (χ2v) is 4.38. The van der Waals surface area contributed by atoms with Crippen molar-refractivity contribution >= 4 is 17.6 Å². The zero-order valence-electron chi connectivity index (χ0n) is 9.09. The summed E-state index contributed by atoms with van der Waals surface area (Å²) in [5.74, 6) is -2.17. The van der Waals surface area contributed by atoms with Gasteiger partial charge in [0.15, 0.2) is 5.60 Å². The number of methoxy groups -OCH3 is 1. The van der Waals surface area contributed by atoms with Crippen molar-refractivity contribution in [3.05, 3.63) is 35.4 Å². The Kier molecular flexibility index (Phi) is 2.63. The summed E-state index contributed by atoms with van der Waals surface area (Å²) in [4.78, 5) is 11.4. The maximum absolute atomic E-state index is 13.6. The molecule has 0 radical (unpaired) electrons. The van der Waals surface area contributed by atoms with Crippen LogP contribution in [0.3, 0.4) is 0 Å². The van der Waals surface area contributed by atoms with E-state index in [-0.39, 0.29) is 5.56 Å². The van der Waals surface area contributed by atoms with Gasteiger partial charge >= 0.3 is 5.97 Å². The van der Waals surface area contributed by atoms with Gasteiger partial charge in [-0.1, -0.05) is 11.6 Å². The summed E-state index contributed by atoms with van der Waals surface area (Å²) in [6.07, 6.45) is 0. The second-order valence-electron chi connectivity index (χ2n) is 3.85. The molecule has 0 bridgehead atoms. The van der Waals surface area contributed by atoms with Crippen molar-refractivity contribution in [2.75, 3.05) is 7.11 Å². The number of esters is 1. The Morgan fingerprint density at radius 3 is 2.71 bits per heavy atom. The predicted molar refractivity (Wildman–Crippen MR) is 55.4 cm³/mol. The van der Waals surface area contributed by atoms with Gasteiger partial charge in [-0.25, -0.2) is 13.6 Å². The Morgan fingerprint density at radius 1 is 1.47 bits per heavy atom. The molecule has 1 aromatic carbocycles. The van der Waals surface area contributed by atoms with E-state index in [1.54, 1.807) is 0 Å². The van der Waals surface area contributed by atoms with Crippen molar-refractivity contribution in [2.45, 2.75) is 17.6 Å². The molecule has 0 amide bonds. The van der Waals surface area contributed by atoms with Crippen LogP contribution in [-0.4, -0.2) is 18.1 Å². The summed E-state index contributed by atoms with van der Waals surface area (Å²) >= 11 is 5.88. The van der Waals surface area contributed by atoms with Crippen molar-refractivity contribution in [2.24, 2.45) is 0 Å². The number of halogens is 3. The van der Waals surface area contributed by atoms with E-state index < -0.39 is 28.3 Å². The Bertz CT molecular complexity index is 494. The van der Waals surface area contributed by atoms with Crippen LogP contribution in [0, 0.1) is 11.6 Å². The zero-order valence-corrected chi connectivity index (χ0v) is 9.85. The SMILES string of the molecule is COC(=O)C1(Cl)OC1(C)c1cc(F)ccc1F. The lowest BCUT2D eigenvalue weighted by molar-refractivity contribution is -0.143. The topological polar surface area (TPSA) is 38.8 Å². The maximum Gasteiger partial charge on any atom is 0.357 e. The minimum Gasteiger partial charge on any atom is -0.466 e. The summed E-state index contributed by atoms with van der Waals surface area (Å²) in [7, 11) is 1.14. The van der Waals surface area contributed by atoms with Gasteiger partial charge in [0, 0.05) is 5.56 Å². The molecule has 17 heavy (non-hydrogen) atoms. The minimum atomic E-state index is -1.80. The Labute approximate surface area is 101 Å². The fraction of sp³-hybridized carbons (Fsp3) is 0.364. The first-order valence-corrected chi connectivity index (χ1v) is 5.16. The molecule has 1 aliphatic heterocycles. The molecule has 0 aromatic heterocycles. The highest BCUT2D eigenvalue weighted by Crippen LogP contribution is 2.59. The highest BCUT2D eigenvalue weighted by Gasteiger charge is 2.74. The van der Waals surface area contributed by atoms with E-state index in [4.69, 9.17) is 16.3 Å². The van der Waals surface area contributed by atoms with E-state index in [0.717, 1.165) is 25.3 Å². The molecule has 2 rings (SSSR count). The van der Waals surface area contributed by atoms with E-state index in [9.17, 15) is 13.6 Å². The van der Waals surface area contributed by atoms with E-state index in [1.165, 1.54) is 6.92 Å². The van der Waals surface area contributed by atoms with Crippen LogP contribution in [0.4, 0.5) is 8.78 Å². The fourth-order valence-corrected chi connectivity index (χ4v) is 2.05. The predicted octanol–water partition coefficient (Wildman–Crippen LogP) is 2.32. The lowest BCUT2D eigenvalue weighted by Gasteiger charge is -2.10. The minimum absolute atomic E-state index is 0.113. The second kappa shape index (κ2) is 3.65. The molecule has 0 N–H and O–H groups in total. The standard InChI is InChI=1S/C11H9ClF2O3/c1-10(11(12,17-10)9(15)16-2)7-5-6(13)3-4-8(7)14/h3-5H,1-2H3. The van der Waals surface area contributed by atoms with Crippen molar-refractivity contribution in [3.8, 4) is 0 Å². The number of benzene rings is 1. The maximum atomic E-state index is 13.6. The van der Waals surface area contributed by atoms with E-state index in [0.29, 0.717) is 0 Å². The summed E-state index contributed by atoms with van der Waals surface area (Å²) in [5.41, 5.74) is -1.54. The number of hydrogen-bond donors (Lipinski definition) is 0. The van der Waals surface area contributed by atoms with E-state index in [1.807, 2.05) is 0 Å². The molecule has 2 unspecified atom stereocenters. The lowest BCUT2D eigenvalue weighted by Crippen LogP contribution is -2.27. The molecular formula is C11H9ClF2O3. The van der Waals surface area contributed by atoms with Crippen LogP contribution in [0.5, 0.6) is 0 Å². The van der Waals surface area contributed by atoms with Gasteiger partial charge in [-0.2, -0.15) is 0 Å². The van der Waals surface area contributed by atoms with Gasteiger partial charge < -0.3 is 9.47 Å². The zero-order chi connectivity index (χ0) is 12.8. The smallest absolute Gasteiger partial charge is 0.357 e. The molecule has 2 atom stereocenters. The van der Waals surface area contributed by atoms with Gasteiger partial charge in [-0.05, 0) is 25.1 Å². The number of rotatable bonds is 2. The molecular weight excluding hydrogens is 254 g/mol. The average Bonchev–Trinajstić information content (AvgIpc) is 2.86. The first kappa shape index (κ1) is 12.3. The van der Waals surface area contributed by atoms with Gasteiger partial charge in [-0.3, -0.25) is 0 Å². The van der Waals surface area contributed by atoms with Crippen molar-refractivity contribution < 1.29 is 23.0 Å². The molecule has 6 heteroatoms. The quantitative estimate of drug-likeness (QED) is 0.466. The number of carbonyl (C=O) groups is 1. The monoisotopic (exact) mass is 262 g/mol. The van der Waals surface area contributed by atoms with E-state index >= 15 is 0 Å². The molecule has 3 nitrogen and oxygen atoms in total. The number of ether oxygens (including phenoxy) is 2. The third kappa shape index (κ3) is 1.61. The summed E-state index contributed by atoms with van der Waals surface area (Å²) in [6.45, 7) is 1.40. The number of epoxide rings is 1. The highest BCUT2D eigenvalue weighted by atomic mass is 35.5. The first-order chi connectivity index (χ1) is 7.85. The van der Waals surface area contributed by atoms with Crippen LogP contribution >= 0.6 is 11.6 Å². The van der Waals surface area contributed by atoms with Gasteiger partial charge in [0.1, 0.15) is 11.6 Å². The van der Waals surface area contributed by atoms with Crippen LogP contribution < -0.4 is 0 Å². The van der Waals surface area contributed by atoms with Crippen LogP contribution in [0.15, 0.2) is 18.2 Å². The molecule has 0 aliphatic carbocycles. The summed E-state index contributed by atoms with van der Waals surface area (Å²) in [5, 5.41) is -1.80. The van der Waals surface area contributed by atoms with Crippen molar-refractivity contribution in [1.29, 1.82) is 0 Å². The molecule has 1 aromatic rings. The number of hydrogen-bond acceptors (Lipinski definition) is 3. The molecule has 1 aliphatic rings. The molecule has 1 fully saturated rings. The van der Waals surface area contributed by atoms with E-state index in [2.05, 4.69) is 4.74 Å². The Balaban J connectivity index is 2.43. The summed E-state index contributed by atoms with van der Waals surface area (Å²) < 4.78 is 36.1. The third-order valence-electron chi connectivity index (χ3n) is 2.81. The van der Waals surface area contributed by atoms with Gasteiger partial charge in [0.05, 0.1) is 7.11 Å². The number of carbonyl (C=O) groups excluding carboxylic acids is 1. The molecule has 92 valence electrons. The van der Waals surface area contributed by atoms with Crippen molar-refractivity contribution in [1.82, 2.24) is 0 Å². The van der Waals surface area contributed by atoms with Crippen LogP contribution in [-0.2, 0) is 19.9 Å². The molecule has 0 spiro atoms. The number of alkyl halides is 1. The first-order valence-electron chi connectivity index (χ1n) is 4.78. The largest absolute Gasteiger partial charge is 0.466 e. The van der Waals surface area contributed by atoms with Gasteiger partial charge in [-0.15, -0.1) is 0 Å². The molecule has 1 saturated heterocycles. The Hall–Kier alpha value is -1.20. The summed E-state index contributed by atoms with van der Waals surface area (Å²) in [6, 6.07) is 2.87. The normalized spacial score (nSPS) is 31.1. The fourth-order valence-electron chi connectivity index (χ4n) is 1.71. The van der Waals surface area contributed by atoms with Crippen LogP contribution in [0.25, 0.3) is 0 Å². The van der Waals surface area contributed by atoms with Crippen molar-refractivity contribution in [3.63, 3.8) is 0 Å². The molecule has 0 saturated carbocycles. The highest BCUT2D eigenvalue weighted by molar-refractivity contribution is 6.35. The van der Waals surface area contributed by atoms with Crippen LogP contribution in [0.1, 0.15) is 12.5 Å². The van der Waals surface area contributed by atoms with Gasteiger partial charge in [0.25, 0.3) is 5.06 Å². The van der Waals surface area contributed by atoms with Crippen LogP contribution in [0.2, 0.25) is 0 Å². The Morgan fingerprint density at radius 2 is 2.12 bits per heavy atom. The van der Waals surface area contributed by atoms with Gasteiger partial charge in [0.2, 0.25) is 0 Å². The average molecular weight is 263 g/mol. The lowest BCUT2D eigenvalue weighted by atomic mass is 9.96. The molecule has 1 heterocycles. The third-order valence-corrected chi connectivity index (χ3v) is 3.40.